The van der Waals surface area contributed by atoms with Gasteiger partial charge in [0, 0.05) is 26.4 Å². The van der Waals surface area contributed by atoms with Gasteiger partial charge in [-0.1, -0.05) is 19.0 Å². The number of rotatable bonds is 6. The maximum atomic E-state index is 11.9. The van der Waals surface area contributed by atoms with Crippen molar-refractivity contribution in [2.45, 2.75) is 26.7 Å². The number of carbonyl (C=O) groups is 1. The van der Waals surface area contributed by atoms with Crippen molar-refractivity contribution in [2.75, 3.05) is 13.6 Å². The van der Waals surface area contributed by atoms with Crippen molar-refractivity contribution in [1.82, 2.24) is 15.0 Å². The maximum absolute atomic E-state index is 11.9. The van der Waals surface area contributed by atoms with Gasteiger partial charge < -0.3 is 13.8 Å². The van der Waals surface area contributed by atoms with Crippen LogP contribution in [0.15, 0.2) is 27.3 Å². The van der Waals surface area contributed by atoms with Crippen LogP contribution in [0.2, 0.25) is 0 Å². The number of furan rings is 1. The highest BCUT2D eigenvalue weighted by Gasteiger charge is 2.14. The van der Waals surface area contributed by atoms with Crippen molar-refractivity contribution in [3.8, 4) is 11.6 Å². The zero-order valence-electron chi connectivity index (χ0n) is 12.0. The Bertz CT molecular complexity index is 546. The number of hydrogen-bond acceptors (Lipinski definition) is 5. The lowest BCUT2D eigenvalue weighted by Gasteiger charge is -2.18. The van der Waals surface area contributed by atoms with Gasteiger partial charge in [-0.25, -0.2) is 0 Å². The fraction of sp³-hybridized carbons (Fsp3) is 0.500. The molecule has 6 heteroatoms. The SMILES string of the molecule is CC(C)CN(C)C(=O)CCc1nc(-c2ccco2)no1. The van der Waals surface area contributed by atoms with Crippen LogP contribution in [0.5, 0.6) is 0 Å². The number of hydrogen-bond donors (Lipinski definition) is 0. The van der Waals surface area contributed by atoms with Crippen LogP contribution in [-0.4, -0.2) is 34.5 Å². The Kier molecular flexibility index (Phi) is 4.55. The Morgan fingerprint density at radius 1 is 1.45 bits per heavy atom. The van der Waals surface area contributed by atoms with Gasteiger partial charge in [0.15, 0.2) is 5.76 Å². The Labute approximate surface area is 117 Å². The summed E-state index contributed by atoms with van der Waals surface area (Å²) in [6.07, 6.45) is 2.35. The Hall–Kier alpha value is -2.11. The molecule has 20 heavy (non-hydrogen) atoms. The molecule has 2 rings (SSSR count). The van der Waals surface area contributed by atoms with E-state index in [-0.39, 0.29) is 5.91 Å². The normalized spacial score (nSPS) is 11.0. The van der Waals surface area contributed by atoms with E-state index in [1.807, 2.05) is 7.05 Å². The molecular formula is C14H19N3O3. The molecule has 0 fully saturated rings. The van der Waals surface area contributed by atoms with E-state index in [0.717, 1.165) is 6.54 Å². The molecule has 0 bridgehead atoms. The van der Waals surface area contributed by atoms with Gasteiger partial charge in [-0.2, -0.15) is 4.98 Å². The van der Waals surface area contributed by atoms with E-state index in [0.29, 0.717) is 36.2 Å². The summed E-state index contributed by atoms with van der Waals surface area (Å²) >= 11 is 0. The molecule has 0 aromatic carbocycles. The smallest absolute Gasteiger partial charge is 0.238 e. The van der Waals surface area contributed by atoms with Crippen LogP contribution >= 0.6 is 0 Å². The third kappa shape index (κ3) is 3.69. The van der Waals surface area contributed by atoms with Crippen molar-refractivity contribution in [2.24, 2.45) is 5.92 Å². The lowest BCUT2D eigenvalue weighted by Crippen LogP contribution is -2.30. The molecule has 0 aliphatic rings. The molecule has 1 amide bonds. The molecule has 0 aliphatic carbocycles. The number of carbonyl (C=O) groups excluding carboxylic acids is 1. The molecule has 0 saturated heterocycles. The fourth-order valence-electron chi connectivity index (χ4n) is 1.92. The van der Waals surface area contributed by atoms with Gasteiger partial charge in [-0.05, 0) is 18.1 Å². The van der Waals surface area contributed by atoms with Crippen LogP contribution in [-0.2, 0) is 11.2 Å². The first-order valence-electron chi connectivity index (χ1n) is 6.66. The van der Waals surface area contributed by atoms with Crippen LogP contribution < -0.4 is 0 Å². The Morgan fingerprint density at radius 3 is 2.90 bits per heavy atom. The zero-order valence-corrected chi connectivity index (χ0v) is 12.0. The lowest BCUT2D eigenvalue weighted by atomic mass is 10.2. The molecule has 0 N–H and O–H groups in total. The summed E-state index contributed by atoms with van der Waals surface area (Å²) < 4.78 is 10.3. The first kappa shape index (κ1) is 14.3. The van der Waals surface area contributed by atoms with Gasteiger partial charge in [-0.3, -0.25) is 4.79 Å². The zero-order chi connectivity index (χ0) is 14.5. The summed E-state index contributed by atoms with van der Waals surface area (Å²) in [5, 5.41) is 3.83. The topological polar surface area (TPSA) is 72.4 Å². The minimum Gasteiger partial charge on any atom is -0.461 e. The highest BCUT2D eigenvalue weighted by atomic mass is 16.5. The van der Waals surface area contributed by atoms with E-state index in [2.05, 4.69) is 24.0 Å². The molecule has 2 aromatic rings. The summed E-state index contributed by atoms with van der Waals surface area (Å²) in [6.45, 7) is 4.91. The number of nitrogens with zero attached hydrogens (tertiary/aromatic N) is 3. The minimum atomic E-state index is 0.0800. The molecule has 6 nitrogen and oxygen atoms in total. The molecular weight excluding hydrogens is 258 g/mol. The number of amides is 1. The summed E-state index contributed by atoms with van der Waals surface area (Å²) in [5.74, 6) is 1.95. The quantitative estimate of drug-likeness (QED) is 0.810. The third-order valence-corrected chi connectivity index (χ3v) is 2.83. The largest absolute Gasteiger partial charge is 0.461 e. The molecule has 108 valence electrons. The van der Waals surface area contributed by atoms with Gasteiger partial charge in [0.2, 0.25) is 17.6 Å². The molecule has 2 heterocycles. The summed E-state index contributed by atoms with van der Waals surface area (Å²) in [6, 6.07) is 3.52. The van der Waals surface area contributed by atoms with Crippen LogP contribution in [0, 0.1) is 5.92 Å². The van der Waals surface area contributed by atoms with Crippen molar-refractivity contribution < 1.29 is 13.7 Å². The highest BCUT2D eigenvalue weighted by Crippen LogP contribution is 2.16. The van der Waals surface area contributed by atoms with Gasteiger partial charge >= 0.3 is 0 Å². The van der Waals surface area contributed by atoms with Crippen molar-refractivity contribution in [3.63, 3.8) is 0 Å². The van der Waals surface area contributed by atoms with E-state index < -0.39 is 0 Å². The molecule has 0 saturated carbocycles. The first-order chi connectivity index (χ1) is 9.56. The highest BCUT2D eigenvalue weighted by molar-refractivity contribution is 5.76. The van der Waals surface area contributed by atoms with Crippen LogP contribution in [0.3, 0.4) is 0 Å². The van der Waals surface area contributed by atoms with E-state index in [4.69, 9.17) is 8.94 Å². The minimum absolute atomic E-state index is 0.0800. The first-order valence-corrected chi connectivity index (χ1v) is 6.66. The average Bonchev–Trinajstić information content (AvgIpc) is 3.05. The number of aromatic nitrogens is 2. The van der Waals surface area contributed by atoms with E-state index >= 15 is 0 Å². The molecule has 2 aromatic heterocycles. The van der Waals surface area contributed by atoms with Crippen LogP contribution in [0.1, 0.15) is 26.2 Å². The predicted molar refractivity (Wildman–Crippen MR) is 72.8 cm³/mol. The standard InChI is InChI=1S/C14H19N3O3/c1-10(2)9-17(3)13(18)7-6-12-15-14(16-20-12)11-5-4-8-19-11/h4-5,8,10H,6-7,9H2,1-3H3. The average molecular weight is 277 g/mol. The maximum Gasteiger partial charge on any atom is 0.238 e. The van der Waals surface area contributed by atoms with Crippen molar-refractivity contribution >= 4 is 5.91 Å². The van der Waals surface area contributed by atoms with E-state index in [1.165, 1.54) is 0 Å². The molecule has 0 aliphatic heterocycles. The van der Waals surface area contributed by atoms with E-state index in [1.54, 1.807) is 23.3 Å². The van der Waals surface area contributed by atoms with E-state index in [9.17, 15) is 4.79 Å². The fourth-order valence-corrected chi connectivity index (χ4v) is 1.92. The Morgan fingerprint density at radius 2 is 2.25 bits per heavy atom. The lowest BCUT2D eigenvalue weighted by molar-refractivity contribution is -0.130. The second-order valence-electron chi connectivity index (χ2n) is 5.16. The van der Waals surface area contributed by atoms with Crippen LogP contribution in [0.25, 0.3) is 11.6 Å². The van der Waals surface area contributed by atoms with Gasteiger partial charge in [-0.15, -0.1) is 0 Å². The monoisotopic (exact) mass is 277 g/mol. The molecule has 0 unspecified atom stereocenters. The molecule has 0 atom stereocenters. The summed E-state index contributed by atoms with van der Waals surface area (Å²) in [5.41, 5.74) is 0. The second-order valence-corrected chi connectivity index (χ2v) is 5.16. The predicted octanol–water partition coefficient (Wildman–Crippen LogP) is 2.38. The van der Waals surface area contributed by atoms with Crippen molar-refractivity contribution in [3.05, 3.63) is 24.3 Å². The summed E-state index contributed by atoms with van der Waals surface area (Å²) in [7, 11) is 1.81. The van der Waals surface area contributed by atoms with Gasteiger partial charge in [0.1, 0.15) is 0 Å². The summed E-state index contributed by atoms with van der Waals surface area (Å²) in [4.78, 5) is 17.8. The second kappa shape index (κ2) is 6.36. The Balaban J connectivity index is 1.87. The third-order valence-electron chi connectivity index (χ3n) is 2.83. The van der Waals surface area contributed by atoms with Crippen LogP contribution in [0.4, 0.5) is 0 Å². The molecule has 0 spiro atoms. The van der Waals surface area contributed by atoms with Gasteiger partial charge in [0.25, 0.3) is 0 Å². The van der Waals surface area contributed by atoms with Gasteiger partial charge in [0.05, 0.1) is 6.26 Å². The number of aryl methyl sites for hydroxylation is 1. The molecule has 0 radical (unpaired) electrons. The van der Waals surface area contributed by atoms with Crippen molar-refractivity contribution in [1.29, 1.82) is 0 Å².